The summed E-state index contributed by atoms with van der Waals surface area (Å²) in [6.45, 7) is -3.78. The van der Waals surface area contributed by atoms with Crippen LogP contribution in [0.25, 0.3) is 0 Å². The van der Waals surface area contributed by atoms with Crippen LogP contribution in [0.3, 0.4) is 0 Å². The fraction of sp³-hybridized carbons (Fsp3) is 0.300. The fourth-order valence-corrected chi connectivity index (χ4v) is 3.68. The van der Waals surface area contributed by atoms with Crippen LogP contribution in [0, 0.1) is 0 Å². The summed E-state index contributed by atoms with van der Waals surface area (Å²) >= 11 is 0. The number of hydrogen-bond donors (Lipinski definition) is 2. The van der Waals surface area contributed by atoms with Gasteiger partial charge in [-0.3, -0.25) is 9.59 Å². The average Bonchev–Trinajstić information content (AvgIpc) is 3.02. The van der Waals surface area contributed by atoms with E-state index in [1.807, 2.05) is 0 Å². The highest BCUT2D eigenvalue weighted by Gasteiger charge is 2.20. The van der Waals surface area contributed by atoms with Crippen molar-refractivity contribution in [2.24, 2.45) is 0 Å². The first kappa shape index (κ1) is 24.2. The number of fused-ring (bicyclic) bond motifs is 1. The largest absolute Gasteiger partial charge is 0.490 e. The number of ether oxygens (including phenoxy) is 4. The fourth-order valence-electron chi connectivity index (χ4n) is 2.70. The second kappa shape index (κ2) is 10.9. The number of sulfonamides is 1. The Labute approximate surface area is 187 Å². The van der Waals surface area contributed by atoms with Crippen LogP contribution < -0.4 is 24.2 Å². The number of para-hydroxylation sites is 2. The van der Waals surface area contributed by atoms with E-state index in [9.17, 15) is 26.8 Å². The molecule has 0 aliphatic carbocycles. The molecule has 2 aromatic rings. The molecule has 1 heterocycles. The number of halogens is 2. The zero-order valence-corrected chi connectivity index (χ0v) is 17.9. The molecule has 2 N–H and O–H groups in total. The predicted octanol–water partition coefficient (Wildman–Crippen LogP) is 1.91. The van der Waals surface area contributed by atoms with Gasteiger partial charge >= 0.3 is 12.6 Å². The highest BCUT2D eigenvalue weighted by atomic mass is 32.2. The molecule has 0 saturated heterocycles. The number of amides is 1. The minimum absolute atomic E-state index is 0.0473. The lowest BCUT2D eigenvalue weighted by Crippen LogP contribution is -2.32. The number of nitrogens with one attached hydrogen (secondary N) is 2. The summed E-state index contributed by atoms with van der Waals surface area (Å²) in [6.07, 6.45) is 0.652. The van der Waals surface area contributed by atoms with Crippen molar-refractivity contribution in [3.8, 4) is 17.2 Å². The van der Waals surface area contributed by atoms with Gasteiger partial charge in [-0.25, -0.2) is 8.42 Å². The first-order valence-corrected chi connectivity index (χ1v) is 11.1. The third-order valence-corrected chi connectivity index (χ3v) is 5.58. The summed E-state index contributed by atoms with van der Waals surface area (Å²) in [7, 11) is -4.08. The summed E-state index contributed by atoms with van der Waals surface area (Å²) in [5.74, 6) is -1.45. The molecule has 33 heavy (non-hydrogen) atoms. The molecule has 2 aromatic carbocycles. The van der Waals surface area contributed by atoms with Gasteiger partial charge in [-0.15, -0.1) is 0 Å². The van der Waals surface area contributed by atoms with Gasteiger partial charge in [-0.05, 0) is 24.3 Å². The molecular weight excluding hydrogens is 466 g/mol. The van der Waals surface area contributed by atoms with Crippen molar-refractivity contribution < 1.29 is 45.7 Å². The molecule has 0 aromatic heterocycles. The first-order chi connectivity index (χ1) is 15.7. The van der Waals surface area contributed by atoms with E-state index in [-0.39, 0.29) is 22.1 Å². The van der Waals surface area contributed by atoms with Crippen LogP contribution in [0.4, 0.5) is 14.5 Å². The van der Waals surface area contributed by atoms with Gasteiger partial charge in [0.15, 0.2) is 18.1 Å². The van der Waals surface area contributed by atoms with Gasteiger partial charge in [-0.2, -0.15) is 13.5 Å². The van der Waals surface area contributed by atoms with E-state index in [4.69, 9.17) is 14.2 Å². The molecule has 0 saturated carbocycles. The minimum Gasteiger partial charge on any atom is -0.490 e. The molecule has 0 fully saturated rings. The maximum Gasteiger partial charge on any atom is 0.387 e. The zero-order valence-electron chi connectivity index (χ0n) is 17.1. The molecule has 3 rings (SSSR count). The van der Waals surface area contributed by atoms with E-state index in [1.165, 1.54) is 42.5 Å². The average molecular weight is 486 g/mol. The van der Waals surface area contributed by atoms with E-state index in [0.29, 0.717) is 25.4 Å². The minimum atomic E-state index is -4.08. The van der Waals surface area contributed by atoms with Crippen LogP contribution in [0.2, 0.25) is 0 Å². The highest BCUT2D eigenvalue weighted by molar-refractivity contribution is 7.89. The summed E-state index contributed by atoms with van der Waals surface area (Å²) in [4.78, 5) is 23.7. The van der Waals surface area contributed by atoms with E-state index in [2.05, 4.69) is 14.8 Å². The van der Waals surface area contributed by atoms with Crippen LogP contribution in [-0.4, -0.2) is 53.3 Å². The van der Waals surface area contributed by atoms with Crippen molar-refractivity contribution in [2.45, 2.75) is 17.9 Å². The lowest BCUT2D eigenvalue weighted by atomic mass is 10.3. The van der Waals surface area contributed by atoms with Gasteiger partial charge in [-0.1, -0.05) is 12.1 Å². The van der Waals surface area contributed by atoms with Crippen LogP contribution in [-0.2, 0) is 24.3 Å². The quantitative estimate of drug-likeness (QED) is 0.515. The second-order valence-corrected chi connectivity index (χ2v) is 8.33. The standard InChI is InChI=1S/C20H20F2N2O8S/c21-20(22)32-15-5-2-1-4-14(15)24-18(25)12-31-19(26)11-23-33(27,28)13-6-7-16-17(10-13)30-9-3-8-29-16/h1-2,4-7,10,20,23H,3,8-9,11-12H2,(H,24,25). The maximum absolute atomic E-state index is 12.4. The number of rotatable bonds is 9. The summed E-state index contributed by atoms with van der Waals surface area (Å²) in [6, 6.07) is 9.49. The Bertz CT molecular complexity index is 1110. The lowest BCUT2D eigenvalue weighted by molar-refractivity contribution is -0.146. The molecule has 1 aliphatic rings. The molecule has 10 nitrogen and oxygen atoms in total. The molecule has 178 valence electrons. The summed E-state index contributed by atoms with van der Waals surface area (Å²) in [5.41, 5.74) is -0.0473. The van der Waals surface area contributed by atoms with Gasteiger partial charge in [0.25, 0.3) is 5.91 Å². The van der Waals surface area contributed by atoms with E-state index in [1.54, 1.807) is 0 Å². The first-order valence-electron chi connectivity index (χ1n) is 9.63. The van der Waals surface area contributed by atoms with Gasteiger partial charge in [0, 0.05) is 12.5 Å². The number of carbonyl (C=O) groups is 2. The molecule has 0 unspecified atom stereocenters. The van der Waals surface area contributed by atoms with Gasteiger partial charge < -0.3 is 24.3 Å². The van der Waals surface area contributed by atoms with Crippen molar-refractivity contribution >= 4 is 27.6 Å². The van der Waals surface area contributed by atoms with Gasteiger partial charge in [0.1, 0.15) is 12.3 Å². The van der Waals surface area contributed by atoms with Crippen LogP contribution in [0.15, 0.2) is 47.4 Å². The Kier molecular flexibility index (Phi) is 8.01. The Balaban J connectivity index is 1.50. The molecule has 0 spiro atoms. The number of anilines is 1. The van der Waals surface area contributed by atoms with Crippen LogP contribution >= 0.6 is 0 Å². The topological polar surface area (TPSA) is 129 Å². The smallest absolute Gasteiger partial charge is 0.387 e. The maximum atomic E-state index is 12.4. The predicted molar refractivity (Wildman–Crippen MR) is 110 cm³/mol. The van der Waals surface area contributed by atoms with Crippen LogP contribution in [0.5, 0.6) is 17.2 Å². The third kappa shape index (κ3) is 7.02. The zero-order chi connectivity index (χ0) is 23.8. The lowest BCUT2D eigenvalue weighted by Gasteiger charge is -2.12. The Morgan fingerprint density at radius 1 is 1.06 bits per heavy atom. The molecular formula is C20H20F2N2O8S. The molecule has 13 heteroatoms. The molecule has 1 amide bonds. The third-order valence-electron chi connectivity index (χ3n) is 4.18. The normalized spacial score (nSPS) is 13.2. The number of carbonyl (C=O) groups excluding carboxylic acids is 2. The van der Waals surface area contributed by atoms with Gasteiger partial charge in [0.2, 0.25) is 10.0 Å². The Hall–Kier alpha value is -3.45. The second-order valence-electron chi connectivity index (χ2n) is 6.57. The molecule has 0 bridgehead atoms. The van der Waals surface area contributed by atoms with Gasteiger partial charge in [0.05, 0.1) is 23.8 Å². The highest BCUT2D eigenvalue weighted by Crippen LogP contribution is 2.31. The van der Waals surface area contributed by atoms with Crippen molar-refractivity contribution in [3.63, 3.8) is 0 Å². The molecule has 0 radical (unpaired) electrons. The number of hydrogen-bond acceptors (Lipinski definition) is 8. The SMILES string of the molecule is O=C(COC(=O)CNS(=O)(=O)c1ccc2c(c1)OCCCO2)Nc1ccccc1OC(F)F. The van der Waals surface area contributed by atoms with Crippen LogP contribution in [0.1, 0.15) is 6.42 Å². The van der Waals surface area contributed by atoms with Crippen molar-refractivity contribution in [3.05, 3.63) is 42.5 Å². The van der Waals surface area contributed by atoms with E-state index < -0.39 is 41.7 Å². The molecule has 1 aliphatic heterocycles. The van der Waals surface area contributed by atoms with Crippen molar-refractivity contribution in [2.75, 3.05) is 31.7 Å². The van der Waals surface area contributed by atoms with Crippen molar-refractivity contribution in [1.29, 1.82) is 0 Å². The molecule has 0 atom stereocenters. The summed E-state index contributed by atoms with van der Waals surface area (Å²) in [5, 5.41) is 2.26. The Morgan fingerprint density at radius 2 is 1.79 bits per heavy atom. The Morgan fingerprint density at radius 3 is 2.55 bits per heavy atom. The van der Waals surface area contributed by atoms with E-state index in [0.717, 1.165) is 0 Å². The number of benzene rings is 2. The van der Waals surface area contributed by atoms with Crippen molar-refractivity contribution in [1.82, 2.24) is 4.72 Å². The number of alkyl halides is 2. The monoisotopic (exact) mass is 486 g/mol. The van der Waals surface area contributed by atoms with E-state index >= 15 is 0 Å². The number of esters is 1. The summed E-state index contributed by atoms with van der Waals surface area (Å²) < 4.78 is 71.7.